The Morgan fingerprint density at radius 2 is 2.31 bits per heavy atom. The number of rotatable bonds is 4. The molecule has 6 heteroatoms. The van der Waals surface area contributed by atoms with Crippen molar-refractivity contribution in [3.05, 3.63) is 24.1 Å². The molecule has 16 heavy (non-hydrogen) atoms. The van der Waals surface area contributed by atoms with E-state index in [1.165, 1.54) is 12.3 Å². The molecule has 0 saturated heterocycles. The standard InChI is InChI=1S/C10H13FN2O2S/c1-7-5-8(7)6-13-16(14,15)10-9(11)3-2-4-12-10/h2-4,7-8,13H,5-6H2,1H3. The quantitative estimate of drug-likeness (QED) is 0.864. The molecule has 1 N–H and O–H groups in total. The molecule has 1 aromatic heterocycles. The second-order valence-electron chi connectivity index (χ2n) is 4.12. The molecular formula is C10H13FN2O2S. The summed E-state index contributed by atoms with van der Waals surface area (Å²) in [6.07, 6.45) is 2.28. The van der Waals surface area contributed by atoms with Crippen molar-refractivity contribution in [3.8, 4) is 0 Å². The van der Waals surface area contributed by atoms with Crippen molar-refractivity contribution in [3.63, 3.8) is 0 Å². The number of halogens is 1. The van der Waals surface area contributed by atoms with Gasteiger partial charge in [-0.3, -0.25) is 0 Å². The molecule has 0 aliphatic heterocycles. The summed E-state index contributed by atoms with van der Waals surface area (Å²) in [6, 6.07) is 2.44. The first kappa shape index (κ1) is 11.5. The van der Waals surface area contributed by atoms with E-state index in [9.17, 15) is 12.8 Å². The topological polar surface area (TPSA) is 59.1 Å². The van der Waals surface area contributed by atoms with Crippen LogP contribution in [0.3, 0.4) is 0 Å². The van der Waals surface area contributed by atoms with E-state index in [2.05, 4.69) is 16.6 Å². The number of sulfonamides is 1. The van der Waals surface area contributed by atoms with E-state index in [1.807, 2.05) is 0 Å². The molecule has 2 unspecified atom stereocenters. The van der Waals surface area contributed by atoms with E-state index in [-0.39, 0.29) is 0 Å². The number of pyridine rings is 1. The summed E-state index contributed by atoms with van der Waals surface area (Å²) in [6.45, 7) is 2.42. The molecule has 1 aliphatic carbocycles. The molecule has 0 radical (unpaired) electrons. The van der Waals surface area contributed by atoms with Gasteiger partial charge in [-0.15, -0.1) is 0 Å². The van der Waals surface area contributed by atoms with Gasteiger partial charge in [0.05, 0.1) is 0 Å². The van der Waals surface area contributed by atoms with Gasteiger partial charge in [0.1, 0.15) is 0 Å². The number of nitrogens with zero attached hydrogens (tertiary/aromatic N) is 1. The Hall–Kier alpha value is -1.01. The molecule has 2 atom stereocenters. The molecule has 1 saturated carbocycles. The zero-order valence-electron chi connectivity index (χ0n) is 8.85. The van der Waals surface area contributed by atoms with Crippen molar-refractivity contribution < 1.29 is 12.8 Å². The third-order valence-corrected chi connectivity index (χ3v) is 4.15. The number of aromatic nitrogens is 1. The van der Waals surface area contributed by atoms with Gasteiger partial charge >= 0.3 is 0 Å². The molecule has 0 amide bonds. The van der Waals surface area contributed by atoms with E-state index in [4.69, 9.17) is 0 Å². The fourth-order valence-corrected chi connectivity index (χ4v) is 2.63. The van der Waals surface area contributed by atoms with Gasteiger partial charge in [-0.1, -0.05) is 6.92 Å². The van der Waals surface area contributed by atoms with Crippen LogP contribution < -0.4 is 4.72 Å². The predicted octanol–water partition coefficient (Wildman–Crippen LogP) is 1.15. The van der Waals surface area contributed by atoms with Gasteiger partial charge in [-0.2, -0.15) is 0 Å². The smallest absolute Gasteiger partial charge is 0.241 e. The fourth-order valence-electron chi connectivity index (χ4n) is 1.54. The zero-order valence-corrected chi connectivity index (χ0v) is 9.67. The molecule has 0 spiro atoms. The first-order valence-electron chi connectivity index (χ1n) is 5.11. The van der Waals surface area contributed by atoms with Crippen molar-refractivity contribution in [2.75, 3.05) is 6.54 Å². The van der Waals surface area contributed by atoms with Crippen LogP contribution in [0.15, 0.2) is 23.4 Å². The average Bonchev–Trinajstić information content (AvgIpc) is 2.92. The van der Waals surface area contributed by atoms with Crippen LogP contribution >= 0.6 is 0 Å². The van der Waals surface area contributed by atoms with E-state index in [1.54, 1.807) is 0 Å². The third-order valence-electron chi connectivity index (χ3n) is 2.79. The van der Waals surface area contributed by atoms with Gasteiger partial charge in [0, 0.05) is 12.7 Å². The van der Waals surface area contributed by atoms with Crippen LogP contribution in [-0.4, -0.2) is 19.9 Å². The minimum Gasteiger partial charge on any atom is -0.241 e. The number of hydrogen-bond donors (Lipinski definition) is 1. The maximum atomic E-state index is 13.2. The average molecular weight is 244 g/mol. The van der Waals surface area contributed by atoms with Gasteiger partial charge in [-0.25, -0.2) is 22.5 Å². The van der Waals surface area contributed by atoms with Crippen LogP contribution in [0.1, 0.15) is 13.3 Å². The Morgan fingerprint density at radius 1 is 1.62 bits per heavy atom. The van der Waals surface area contributed by atoms with Crippen LogP contribution in [-0.2, 0) is 10.0 Å². The molecule has 0 aromatic carbocycles. The summed E-state index contributed by atoms with van der Waals surface area (Å²) in [5, 5.41) is -0.525. The lowest BCUT2D eigenvalue weighted by Crippen LogP contribution is -2.27. The largest absolute Gasteiger partial charge is 0.261 e. The molecule has 1 aromatic rings. The van der Waals surface area contributed by atoms with Crippen LogP contribution in [0.5, 0.6) is 0 Å². The molecule has 0 bridgehead atoms. The molecule has 4 nitrogen and oxygen atoms in total. The first-order valence-corrected chi connectivity index (χ1v) is 6.59. The van der Waals surface area contributed by atoms with Gasteiger partial charge in [0.25, 0.3) is 10.0 Å². The molecular weight excluding hydrogens is 231 g/mol. The van der Waals surface area contributed by atoms with Gasteiger partial charge in [0.15, 0.2) is 5.82 Å². The molecule has 1 heterocycles. The summed E-state index contributed by atoms with van der Waals surface area (Å²) in [4.78, 5) is 3.54. The van der Waals surface area contributed by atoms with Gasteiger partial charge in [0.2, 0.25) is 5.03 Å². The molecule has 1 aliphatic rings. The lowest BCUT2D eigenvalue weighted by molar-refractivity contribution is 0.541. The highest BCUT2D eigenvalue weighted by molar-refractivity contribution is 7.89. The van der Waals surface area contributed by atoms with Gasteiger partial charge < -0.3 is 0 Å². The summed E-state index contributed by atoms with van der Waals surface area (Å²) < 4.78 is 39.0. The van der Waals surface area contributed by atoms with Crippen molar-refractivity contribution in [1.29, 1.82) is 0 Å². The highest BCUT2D eigenvalue weighted by Gasteiger charge is 2.34. The van der Waals surface area contributed by atoms with E-state index in [0.717, 1.165) is 12.5 Å². The Labute approximate surface area is 93.9 Å². The van der Waals surface area contributed by atoms with Gasteiger partial charge in [-0.05, 0) is 30.4 Å². The van der Waals surface area contributed by atoms with E-state index in [0.29, 0.717) is 18.4 Å². The number of hydrogen-bond acceptors (Lipinski definition) is 3. The SMILES string of the molecule is CC1CC1CNS(=O)(=O)c1ncccc1F. The van der Waals surface area contributed by atoms with Crippen molar-refractivity contribution >= 4 is 10.0 Å². The second-order valence-corrected chi connectivity index (χ2v) is 5.80. The molecule has 2 rings (SSSR count). The van der Waals surface area contributed by atoms with Crippen molar-refractivity contribution in [2.24, 2.45) is 11.8 Å². The monoisotopic (exact) mass is 244 g/mol. The zero-order chi connectivity index (χ0) is 11.8. The van der Waals surface area contributed by atoms with Crippen LogP contribution in [0, 0.1) is 17.7 Å². The lowest BCUT2D eigenvalue weighted by Gasteiger charge is -2.05. The molecule has 1 fully saturated rings. The Bertz CT molecular complexity index is 489. The first-order chi connectivity index (χ1) is 7.50. The minimum atomic E-state index is -3.81. The normalized spacial score (nSPS) is 24.4. The van der Waals surface area contributed by atoms with Crippen molar-refractivity contribution in [2.45, 2.75) is 18.4 Å². The van der Waals surface area contributed by atoms with Crippen LogP contribution in [0.4, 0.5) is 4.39 Å². The summed E-state index contributed by atoms with van der Waals surface area (Å²) in [7, 11) is -3.81. The Balaban J connectivity index is 2.10. The Kier molecular flexibility index (Phi) is 2.94. The van der Waals surface area contributed by atoms with E-state index < -0.39 is 20.9 Å². The fraction of sp³-hybridized carbons (Fsp3) is 0.500. The third kappa shape index (κ3) is 2.38. The minimum absolute atomic E-state index is 0.361. The number of nitrogens with one attached hydrogen (secondary N) is 1. The molecule has 88 valence electrons. The lowest BCUT2D eigenvalue weighted by atomic mass is 10.3. The van der Waals surface area contributed by atoms with Crippen LogP contribution in [0.25, 0.3) is 0 Å². The predicted molar refractivity (Wildman–Crippen MR) is 56.7 cm³/mol. The Morgan fingerprint density at radius 3 is 2.88 bits per heavy atom. The maximum Gasteiger partial charge on any atom is 0.261 e. The highest BCUT2D eigenvalue weighted by atomic mass is 32.2. The maximum absolute atomic E-state index is 13.2. The second kappa shape index (κ2) is 4.10. The summed E-state index contributed by atoms with van der Waals surface area (Å²) >= 11 is 0. The highest BCUT2D eigenvalue weighted by Crippen LogP contribution is 2.37. The van der Waals surface area contributed by atoms with E-state index >= 15 is 0 Å². The summed E-state index contributed by atoms with van der Waals surface area (Å²) in [5.41, 5.74) is 0. The summed E-state index contributed by atoms with van der Waals surface area (Å²) in [5.74, 6) is 0.108. The van der Waals surface area contributed by atoms with Crippen LogP contribution in [0.2, 0.25) is 0 Å². The van der Waals surface area contributed by atoms with Crippen molar-refractivity contribution in [1.82, 2.24) is 9.71 Å².